The van der Waals surface area contributed by atoms with Crippen molar-refractivity contribution in [1.29, 1.82) is 0 Å². The summed E-state index contributed by atoms with van der Waals surface area (Å²) in [5.74, 6) is -0.534. The van der Waals surface area contributed by atoms with Crippen LogP contribution in [0.3, 0.4) is 0 Å². The van der Waals surface area contributed by atoms with Gasteiger partial charge in [-0.05, 0) is 25.1 Å². The number of rotatable bonds is 8. The molecule has 6 nitrogen and oxygen atoms in total. The van der Waals surface area contributed by atoms with E-state index < -0.39 is 11.5 Å². The lowest BCUT2D eigenvalue weighted by molar-refractivity contribution is 0.0696. The van der Waals surface area contributed by atoms with Gasteiger partial charge in [-0.2, -0.15) is 0 Å². The first-order valence-corrected chi connectivity index (χ1v) is 5.94. The van der Waals surface area contributed by atoms with Crippen LogP contribution < -0.4 is 10.1 Å². The van der Waals surface area contributed by atoms with Crippen LogP contribution >= 0.6 is 0 Å². The highest BCUT2D eigenvalue weighted by molar-refractivity contribution is 5.87. The van der Waals surface area contributed by atoms with Gasteiger partial charge in [0.1, 0.15) is 12.4 Å². The van der Waals surface area contributed by atoms with Crippen molar-refractivity contribution in [3.05, 3.63) is 29.8 Å². The average Bonchev–Trinajstić information content (AvgIpc) is 2.43. The van der Waals surface area contributed by atoms with Crippen LogP contribution in [0.4, 0.5) is 0 Å². The molecule has 0 aliphatic heterocycles. The van der Waals surface area contributed by atoms with E-state index in [2.05, 4.69) is 5.32 Å². The van der Waals surface area contributed by atoms with Crippen molar-refractivity contribution in [1.82, 2.24) is 5.32 Å². The highest BCUT2D eigenvalue weighted by atomic mass is 16.5. The Kier molecular flexibility index (Phi) is 5.75. The van der Waals surface area contributed by atoms with Gasteiger partial charge in [-0.15, -0.1) is 0 Å². The molecular weight excluding hydrogens is 250 g/mol. The lowest BCUT2D eigenvalue weighted by Gasteiger charge is -2.26. The second kappa shape index (κ2) is 7.08. The van der Waals surface area contributed by atoms with E-state index >= 15 is 0 Å². The second-order valence-electron chi connectivity index (χ2n) is 4.49. The van der Waals surface area contributed by atoms with E-state index in [4.69, 9.17) is 20.1 Å². The Hall–Kier alpha value is -1.63. The van der Waals surface area contributed by atoms with E-state index in [0.29, 0.717) is 18.9 Å². The molecule has 0 atom stereocenters. The first-order valence-electron chi connectivity index (χ1n) is 5.94. The quantitative estimate of drug-likeness (QED) is 0.499. The van der Waals surface area contributed by atoms with Crippen LogP contribution in [-0.4, -0.2) is 53.2 Å². The fourth-order valence-electron chi connectivity index (χ4n) is 1.40. The van der Waals surface area contributed by atoms with Crippen LogP contribution in [0.1, 0.15) is 17.3 Å². The predicted octanol–water partition coefficient (Wildman–Crippen LogP) is 0.0965. The van der Waals surface area contributed by atoms with Crippen molar-refractivity contribution in [3.8, 4) is 5.75 Å². The van der Waals surface area contributed by atoms with Crippen molar-refractivity contribution in [2.24, 2.45) is 0 Å². The summed E-state index contributed by atoms with van der Waals surface area (Å²) in [6.07, 6.45) is 0. The van der Waals surface area contributed by atoms with Gasteiger partial charge in [0.25, 0.3) is 0 Å². The number of ether oxygens (including phenoxy) is 1. The minimum absolute atomic E-state index is 0.168. The third-order valence-corrected chi connectivity index (χ3v) is 2.70. The Balaban J connectivity index is 2.41. The first kappa shape index (κ1) is 15.4. The summed E-state index contributed by atoms with van der Waals surface area (Å²) in [5.41, 5.74) is -0.576. The zero-order valence-electron chi connectivity index (χ0n) is 10.8. The zero-order valence-corrected chi connectivity index (χ0v) is 10.8. The molecule has 0 unspecified atom stereocenters. The normalized spacial score (nSPS) is 11.3. The number of carboxylic acids is 1. The molecule has 4 N–H and O–H groups in total. The molecule has 0 aliphatic rings. The first-order chi connectivity index (χ1) is 9.00. The number of benzene rings is 1. The number of hydrogen-bond acceptors (Lipinski definition) is 5. The van der Waals surface area contributed by atoms with Crippen molar-refractivity contribution in [2.75, 3.05) is 26.4 Å². The minimum Gasteiger partial charge on any atom is -0.492 e. The summed E-state index contributed by atoms with van der Waals surface area (Å²) in [6, 6.07) is 6.21. The predicted molar refractivity (Wildman–Crippen MR) is 69.5 cm³/mol. The van der Waals surface area contributed by atoms with Gasteiger partial charge in [0.2, 0.25) is 0 Å². The summed E-state index contributed by atoms with van der Waals surface area (Å²) in [5, 5.41) is 29.9. The van der Waals surface area contributed by atoms with E-state index in [-0.39, 0.29) is 18.8 Å². The molecule has 1 rings (SSSR count). The summed E-state index contributed by atoms with van der Waals surface area (Å²) < 4.78 is 5.39. The molecular formula is C13H19NO5. The Bertz CT molecular complexity index is 417. The van der Waals surface area contributed by atoms with E-state index in [1.54, 1.807) is 19.1 Å². The van der Waals surface area contributed by atoms with Crippen LogP contribution in [0.15, 0.2) is 24.3 Å². The number of nitrogens with one attached hydrogen (secondary N) is 1. The Morgan fingerprint density at radius 1 is 1.37 bits per heavy atom. The molecule has 0 aromatic heterocycles. The number of aliphatic hydroxyl groups excluding tert-OH is 2. The number of aliphatic hydroxyl groups is 2. The fraction of sp³-hybridized carbons (Fsp3) is 0.462. The molecule has 0 radical (unpaired) electrons. The lowest BCUT2D eigenvalue weighted by atomic mass is 10.1. The molecule has 0 spiro atoms. The third-order valence-electron chi connectivity index (χ3n) is 2.70. The lowest BCUT2D eigenvalue weighted by Crippen LogP contribution is -2.50. The standard InChI is InChI=1S/C13H19NO5/c1-13(8-15,9-16)14-5-6-19-11-4-2-3-10(7-11)12(17)18/h2-4,7,14-16H,5-6,8-9H2,1H3,(H,17,18). The molecule has 0 amide bonds. The summed E-state index contributed by atoms with van der Waals surface area (Å²) >= 11 is 0. The van der Waals surface area contributed by atoms with Crippen LogP contribution in [0, 0.1) is 0 Å². The van der Waals surface area contributed by atoms with Crippen molar-refractivity contribution >= 4 is 5.97 Å². The monoisotopic (exact) mass is 269 g/mol. The van der Waals surface area contributed by atoms with E-state index in [0.717, 1.165) is 0 Å². The van der Waals surface area contributed by atoms with Gasteiger partial charge in [0.05, 0.1) is 24.3 Å². The summed E-state index contributed by atoms with van der Waals surface area (Å²) in [4.78, 5) is 10.8. The molecule has 0 heterocycles. The molecule has 19 heavy (non-hydrogen) atoms. The molecule has 0 aliphatic carbocycles. The highest BCUT2D eigenvalue weighted by Crippen LogP contribution is 2.13. The second-order valence-corrected chi connectivity index (χ2v) is 4.49. The molecule has 106 valence electrons. The van der Waals surface area contributed by atoms with Crippen LogP contribution in [0.5, 0.6) is 5.75 Å². The van der Waals surface area contributed by atoms with E-state index in [1.807, 2.05) is 0 Å². The fourth-order valence-corrected chi connectivity index (χ4v) is 1.40. The Labute approximate surface area is 111 Å². The van der Waals surface area contributed by atoms with Gasteiger partial charge in [-0.1, -0.05) is 6.07 Å². The molecule has 1 aromatic carbocycles. The molecule has 0 saturated carbocycles. The van der Waals surface area contributed by atoms with E-state index in [1.165, 1.54) is 12.1 Å². The maximum Gasteiger partial charge on any atom is 0.335 e. The maximum absolute atomic E-state index is 10.8. The van der Waals surface area contributed by atoms with Gasteiger partial charge in [0.15, 0.2) is 0 Å². The molecule has 6 heteroatoms. The number of carbonyl (C=O) groups is 1. The number of hydrogen-bond donors (Lipinski definition) is 4. The summed E-state index contributed by atoms with van der Waals surface area (Å²) in [6.45, 7) is 2.06. The van der Waals surface area contributed by atoms with Gasteiger partial charge in [0, 0.05) is 6.54 Å². The largest absolute Gasteiger partial charge is 0.492 e. The van der Waals surface area contributed by atoms with Gasteiger partial charge >= 0.3 is 5.97 Å². The molecule has 1 aromatic rings. The summed E-state index contributed by atoms with van der Waals surface area (Å²) in [7, 11) is 0. The van der Waals surface area contributed by atoms with Gasteiger partial charge < -0.3 is 25.4 Å². The number of aromatic carboxylic acids is 1. The molecule has 0 saturated heterocycles. The van der Waals surface area contributed by atoms with Crippen LogP contribution in [0.2, 0.25) is 0 Å². The van der Waals surface area contributed by atoms with Crippen molar-refractivity contribution in [2.45, 2.75) is 12.5 Å². The SMILES string of the molecule is CC(CO)(CO)NCCOc1cccc(C(=O)O)c1. The average molecular weight is 269 g/mol. The van der Waals surface area contributed by atoms with Crippen LogP contribution in [-0.2, 0) is 0 Å². The smallest absolute Gasteiger partial charge is 0.335 e. The highest BCUT2D eigenvalue weighted by Gasteiger charge is 2.20. The Morgan fingerprint density at radius 2 is 2.05 bits per heavy atom. The van der Waals surface area contributed by atoms with Crippen molar-refractivity contribution in [3.63, 3.8) is 0 Å². The van der Waals surface area contributed by atoms with Gasteiger partial charge in [-0.25, -0.2) is 4.79 Å². The molecule has 0 fully saturated rings. The number of carboxylic acid groups (broad SMARTS) is 1. The maximum atomic E-state index is 10.8. The van der Waals surface area contributed by atoms with Gasteiger partial charge in [-0.3, -0.25) is 0 Å². The topological polar surface area (TPSA) is 99.0 Å². The third kappa shape index (κ3) is 4.86. The zero-order chi connectivity index (χ0) is 14.3. The van der Waals surface area contributed by atoms with Crippen molar-refractivity contribution < 1.29 is 24.9 Å². The Morgan fingerprint density at radius 3 is 2.63 bits per heavy atom. The molecule has 0 bridgehead atoms. The van der Waals surface area contributed by atoms with Crippen LogP contribution in [0.25, 0.3) is 0 Å². The minimum atomic E-state index is -1.00. The van der Waals surface area contributed by atoms with E-state index in [9.17, 15) is 4.79 Å².